The summed E-state index contributed by atoms with van der Waals surface area (Å²) in [7, 11) is 0. The summed E-state index contributed by atoms with van der Waals surface area (Å²) in [5.74, 6) is -1.46. The Morgan fingerprint density at radius 2 is 1.73 bits per heavy atom. The number of thioether (sulfide) groups is 1. The third kappa shape index (κ3) is 4.67. The van der Waals surface area contributed by atoms with E-state index in [-0.39, 0.29) is 10.2 Å². The Labute approximate surface area is 169 Å². The van der Waals surface area contributed by atoms with Crippen molar-refractivity contribution >= 4 is 69.6 Å². The molecule has 26 heavy (non-hydrogen) atoms. The highest BCUT2D eigenvalue weighted by atomic mass is 35.5. The average Bonchev–Trinajstić information content (AvgIpc) is 2.86. The molecule has 1 heterocycles. The summed E-state index contributed by atoms with van der Waals surface area (Å²) in [6, 6.07) is 15.3. The van der Waals surface area contributed by atoms with Gasteiger partial charge in [-0.05, 0) is 48.0 Å². The minimum atomic E-state index is -1.09. The van der Waals surface area contributed by atoms with Gasteiger partial charge >= 0.3 is 5.97 Å². The van der Waals surface area contributed by atoms with E-state index in [1.165, 1.54) is 0 Å². The largest absolute Gasteiger partial charge is 0.480 e. The molecule has 1 aliphatic rings. The number of amides is 1. The van der Waals surface area contributed by atoms with Gasteiger partial charge in [0.25, 0.3) is 5.91 Å². The van der Waals surface area contributed by atoms with Crippen molar-refractivity contribution in [3.63, 3.8) is 0 Å². The Morgan fingerprint density at radius 1 is 1.15 bits per heavy atom. The zero-order valence-corrected chi connectivity index (χ0v) is 16.4. The molecule has 0 spiro atoms. The maximum absolute atomic E-state index is 12.3. The summed E-state index contributed by atoms with van der Waals surface area (Å²) >= 11 is 13.7. The number of benzene rings is 2. The van der Waals surface area contributed by atoms with E-state index in [2.05, 4.69) is 0 Å². The molecule has 1 fully saturated rings. The molecule has 8 heteroatoms. The fraction of sp³-hybridized carbons (Fsp3) is 0.0556. The molecule has 4 nitrogen and oxygen atoms in total. The lowest BCUT2D eigenvalue weighted by molar-refractivity contribution is -0.140. The maximum Gasteiger partial charge on any atom is 0.323 e. The molecule has 0 aliphatic carbocycles. The van der Waals surface area contributed by atoms with Crippen molar-refractivity contribution in [1.82, 2.24) is 4.90 Å². The van der Waals surface area contributed by atoms with E-state index in [9.17, 15) is 9.59 Å². The predicted molar refractivity (Wildman–Crippen MR) is 110 cm³/mol. The number of rotatable bonds is 5. The van der Waals surface area contributed by atoms with Crippen LogP contribution in [0.5, 0.6) is 0 Å². The van der Waals surface area contributed by atoms with Crippen LogP contribution in [0.15, 0.2) is 63.2 Å². The van der Waals surface area contributed by atoms with Crippen LogP contribution in [0.2, 0.25) is 5.02 Å². The normalized spacial score (nSPS) is 15.7. The van der Waals surface area contributed by atoms with E-state index < -0.39 is 12.5 Å². The molecule has 1 aliphatic heterocycles. The minimum absolute atomic E-state index is 0.263. The highest BCUT2D eigenvalue weighted by Gasteiger charge is 2.33. The first-order valence-corrected chi connectivity index (χ1v) is 9.85. The smallest absolute Gasteiger partial charge is 0.323 e. The van der Waals surface area contributed by atoms with Crippen molar-refractivity contribution in [2.75, 3.05) is 6.54 Å². The highest BCUT2D eigenvalue weighted by Crippen LogP contribution is 2.33. The summed E-state index contributed by atoms with van der Waals surface area (Å²) in [6.07, 6.45) is 1.72. The molecule has 3 rings (SSSR count). The first-order valence-electron chi connectivity index (χ1n) is 7.43. The van der Waals surface area contributed by atoms with Crippen molar-refractivity contribution in [3.8, 4) is 0 Å². The SMILES string of the molecule is O=C(O)CN1C(=O)/C(=C/c2ccc(Sc3ccc(Cl)cc3)cc2)SC1=S. The van der Waals surface area contributed by atoms with Crippen molar-refractivity contribution in [1.29, 1.82) is 0 Å². The number of aliphatic carboxylic acids is 1. The Balaban J connectivity index is 1.71. The molecule has 2 aromatic carbocycles. The number of hydrogen-bond donors (Lipinski definition) is 1. The van der Waals surface area contributed by atoms with Crippen molar-refractivity contribution in [3.05, 3.63) is 64.0 Å². The average molecular weight is 422 g/mol. The molecular formula is C18H12ClNO3S3. The molecule has 1 N–H and O–H groups in total. The Hall–Kier alpha value is -1.80. The second-order valence-corrected chi connectivity index (χ2v) is 8.55. The van der Waals surface area contributed by atoms with Gasteiger partial charge in [0.05, 0.1) is 4.91 Å². The van der Waals surface area contributed by atoms with Gasteiger partial charge in [-0.2, -0.15) is 0 Å². The second kappa shape index (κ2) is 8.26. The molecule has 0 radical (unpaired) electrons. The molecule has 0 unspecified atom stereocenters. The van der Waals surface area contributed by atoms with Crippen molar-refractivity contribution in [2.24, 2.45) is 0 Å². The maximum atomic E-state index is 12.3. The number of carbonyl (C=O) groups is 2. The van der Waals surface area contributed by atoms with Crippen LogP contribution in [-0.2, 0) is 9.59 Å². The number of halogens is 1. The predicted octanol–water partition coefficient (Wildman–Crippen LogP) is 4.78. The number of thiocarbonyl (C=S) groups is 1. The molecule has 132 valence electrons. The third-order valence-electron chi connectivity index (χ3n) is 3.39. The van der Waals surface area contributed by atoms with Crippen LogP contribution in [0.25, 0.3) is 6.08 Å². The Bertz CT molecular complexity index is 895. The molecule has 2 aromatic rings. The van der Waals surface area contributed by atoms with E-state index in [4.69, 9.17) is 28.9 Å². The van der Waals surface area contributed by atoms with Gasteiger partial charge in [0.15, 0.2) is 0 Å². The lowest BCUT2D eigenvalue weighted by Crippen LogP contribution is -2.33. The minimum Gasteiger partial charge on any atom is -0.480 e. The summed E-state index contributed by atoms with van der Waals surface area (Å²) < 4.78 is 0.263. The highest BCUT2D eigenvalue weighted by molar-refractivity contribution is 8.26. The van der Waals surface area contributed by atoms with Crippen LogP contribution in [0.1, 0.15) is 5.56 Å². The molecule has 0 aromatic heterocycles. The zero-order valence-electron chi connectivity index (χ0n) is 13.2. The lowest BCUT2D eigenvalue weighted by atomic mass is 10.2. The Kier molecular flexibility index (Phi) is 6.03. The van der Waals surface area contributed by atoms with Gasteiger partial charge < -0.3 is 5.11 Å². The monoisotopic (exact) mass is 421 g/mol. The Morgan fingerprint density at radius 3 is 2.31 bits per heavy atom. The summed E-state index contributed by atoms with van der Waals surface area (Å²) in [5.41, 5.74) is 0.848. The van der Waals surface area contributed by atoms with E-state index in [0.717, 1.165) is 32.0 Å². The first-order chi connectivity index (χ1) is 12.4. The lowest BCUT2D eigenvalue weighted by Gasteiger charge is -2.10. The quantitative estimate of drug-likeness (QED) is 0.554. The van der Waals surface area contributed by atoms with Crippen LogP contribution in [0.4, 0.5) is 0 Å². The van der Waals surface area contributed by atoms with Crippen LogP contribution >= 0.6 is 47.3 Å². The molecule has 0 bridgehead atoms. The van der Waals surface area contributed by atoms with Gasteiger partial charge in [-0.3, -0.25) is 14.5 Å². The van der Waals surface area contributed by atoms with Gasteiger partial charge in [0, 0.05) is 14.8 Å². The van der Waals surface area contributed by atoms with Gasteiger partial charge in [-0.1, -0.05) is 59.5 Å². The van der Waals surface area contributed by atoms with Gasteiger partial charge in [-0.25, -0.2) is 0 Å². The molecule has 0 atom stereocenters. The molecular weight excluding hydrogens is 410 g/mol. The number of carboxylic acids is 1. The zero-order chi connectivity index (χ0) is 18.7. The van der Waals surface area contributed by atoms with E-state index in [1.807, 2.05) is 48.5 Å². The van der Waals surface area contributed by atoms with Crippen LogP contribution in [-0.4, -0.2) is 32.7 Å². The van der Waals surface area contributed by atoms with E-state index in [1.54, 1.807) is 17.8 Å². The van der Waals surface area contributed by atoms with Crippen LogP contribution in [0.3, 0.4) is 0 Å². The molecule has 1 saturated heterocycles. The van der Waals surface area contributed by atoms with Gasteiger partial charge in [-0.15, -0.1) is 0 Å². The summed E-state index contributed by atoms with van der Waals surface area (Å²) in [4.78, 5) is 26.7. The van der Waals surface area contributed by atoms with E-state index in [0.29, 0.717) is 9.93 Å². The third-order valence-corrected chi connectivity index (χ3v) is 6.04. The fourth-order valence-corrected chi connectivity index (χ4v) is 4.39. The number of carboxylic acid groups (broad SMARTS) is 1. The van der Waals surface area contributed by atoms with E-state index >= 15 is 0 Å². The fourth-order valence-electron chi connectivity index (χ4n) is 2.19. The van der Waals surface area contributed by atoms with Gasteiger partial charge in [0.2, 0.25) is 0 Å². The number of carbonyl (C=O) groups excluding carboxylic acids is 1. The molecule has 0 saturated carbocycles. The van der Waals surface area contributed by atoms with Crippen LogP contribution in [0, 0.1) is 0 Å². The molecule has 1 amide bonds. The number of nitrogens with zero attached hydrogens (tertiary/aromatic N) is 1. The second-order valence-electron chi connectivity index (χ2n) is 5.29. The summed E-state index contributed by atoms with van der Waals surface area (Å²) in [5, 5.41) is 9.56. The van der Waals surface area contributed by atoms with Gasteiger partial charge in [0.1, 0.15) is 10.9 Å². The first kappa shape index (κ1) is 19.0. The van der Waals surface area contributed by atoms with Crippen molar-refractivity contribution in [2.45, 2.75) is 9.79 Å². The van der Waals surface area contributed by atoms with Crippen LogP contribution < -0.4 is 0 Å². The standard InChI is InChI=1S/C18H12ClNO3S3/c19-12-3-7-14(8-4-12)25-13-5-1-11(2-6-13)9-15-17(23)20(10-16(21)22)18(24)26-15/h1-9H,10H2,(H,21,22)/b15-9-. The number of hydrogen-bond acceptors (Lipinski definition) is 5. The van der Waals surface area contributed by atoms with Crippen molar-refractivity contribution < 1.29 is 14.7 Å². The summed E-state index contributed by atoms with van der Waals surface area (Å²) in [6.45, 7) is -0.418. The topological polar surface area (TPSA) is 57.6 Å².